The summed E-state index contributed by atoms with van der Waals surface area (Å²) < 4.78 is 2.44. The summed E-state index contributed by atoms with van der Waals surface area (Å²) in [6.45, 7) is 4.16. The number of aromatic nitrogens is 2. The Morgan fingerprint density at radius 2 is 1.69 bits per heavy atom. The SMILES string of the molecule is CN(C)C.O=Cc1ccc(-c2nnc(N3CCC4(CCN(Sc5ccccc5Cl)CC4)C3)s2)cc1Cl. The Balaban J connectivity index is 0.000000709. The molecule has 1 spiro atoms. The second kappa shape index (κ2) is 12.2. The van der Waals surface area contributed by atoms with Gasteiger partial charge in [0.15, 0.2) is 6.29 Å². The second-order valence-electron chi connectivity index (χ2n) is 9.71. The highest BCUT2D eigenvalue weighted by molar-refractivity contribution is 7.97. The van der Waals surface area contributed by atoms with E-state index in [1.54, 1.807) is 35.4 Å². The summed E-state index contributed by atoms with van der Waals surface area (Å²) in [5, 5.41) is 11.9. The molecule has 0 amide bonds. The van der Waals surface area contributed by atoms with Crippen LogP contribution in [-0.4, -0.2) is 73.0 Å². The topological polar surface area (TPSA) is 52.6 Å². The lowest BCUT2D eigenvalue weighted by Gasteiger charge is -2.38. The molecule has 2 aromatic carbocycles. The molecule has 2 aliphatic heterocycles. The summed E-state index contributed by atoms with van der Waals surface area (Å²) in [5.74, 6) is 0. The van der Waals surface area contributed by atoms with Crippen LogP contribution in [-0.2, 0) is 0 Å². The molecule has 0 radical (unpaired) electrons. The van der Waals surface area contributed by atoms with Gasteiger partial charge in [0.05, 0.1) is 10.0 Å². The number of anilines is 1. The van der Waals surface area contributed by atoms with Crippen LogP contribution in [0.3, 0.4) is 0 Å². The zero-order chi connectivity index (χ0) is 25.7. The molecule has 6 nitrogen and oxygen atoms in total. The maximum Gasteiger partial charge on any atom is 0.208 e. The van der Waals surface area contributed by atoms with Crippen LogP contribution >= 0.6 is 46.5 Å². The average molecular weight is 565 g/mol. The smallest absolute Gasteiger partial charge is 0.208 e. The highest BCUT2D eigenvalue weighted by Crippen LogP contribution is 2.45. The van der Waals surface area contributed by atoms with Crippen LogP contribution in [0.2, 0.25) is 10.0 Å². The van der Waals surface area contributed by atoms with Crippen molar-refractivity contribution >= 4 is 57.9 Å². The molecule has 0 aliphatic carbocycles. The lowest BCUT2D eigenvalue weighted by Crippen LogP contribution is -2.38. The molecule has 36 heavy (non-hydrogen) atoms. The minimum atomic E-state index is 0.346. The van der Waals surface area contributed by atoms with Crippen LogP contribution in [0.1, 0.15) is 29.6 Å². The molecule has 1 aromatic heterocycles. The van der Waals surface area contributed by atoms with Gasteiger partial charge in [0.1, 0.15) is 5.01 Å². The summed E-state index contributed by atoms with van der Waals surface area (Å²) in [7, 11) is 6.00. The van der Waals surface area contributed by atoms with Gasteiger partial charge in [-0.1, -0.05) is 52.7 Å². The van der Waals surface area contributed by atoms with Crippen molar-refractivity contribution in [2.75, 3.05) is 52.2 Å². The third kappa shape index (κ3) is 6.79. The second-order valence-corrected chi connectivity index (χ2v) is 12.6. The summed E-state index contributed by atoms with van der Waals surface area (Å²) in [6, 6.07) is 13.4. The molecule has 3 aromatic rings. The van der Waals surface area contributed by atoms with Crippen molar-refractivity contribution in [3.05, 3.63) is 58.1 Å². The van der Waals surface area contributed by atoms with E-state index in [0.717, 1.165) is 58.1 Å². The number of carbonyl (C=O) groups excluding carboxylic acids is 1. The molecule has 0 atom stereocenters. The Morgan fingerprint density at radius 1 is 1.00 bits per heavy atom. The van der Waals surface area contributed by atoms with E-state index < -0.39 is 0 Å². The van der Waals surface area contributed by atoms with E-state index in [1.165, 1.54) is 19.3 Å². The monoisotopic (exact) mass is 563 g/mol. The molecular formula is C26H31Cl2N5OS2. The number of carbonyl (C=O) groups is 1. The number of piperidine rings is 1. The lowest BCUT2D eigenvalue weighted by molar-refractivity contribution is 0.112. The van der Waals surface area contributed by atoms with Crippen LogP contribution in [0.25, 0.3) is 10.6 Å². The van der Waals surface area contributed by atoms with Gasteiger partial charge in [-0.3, -0.25) is 4.79 Å². The first kappa shape index (κ1) is 27.4. The van der Waals surface area contributed by atoms with Gasteiger partial charge in [0.2, 0.25) is 5.13 Å². The van der Waals surface area contributed by atoms with Gasteiger partial charge < -0.3 is 9.80 Å². The molecule has 0 bridgehead atoms. The van der Waals surface area contributed by atoms with Gasteiger partial charge in [-0.15, -0.1) is 10.2 Å². The Kier molecular flexibility index (Phi) is 9.30. The average Bonchev–Trinajstić information content (AvgIpc) is 3.50. The maximum atomic E-state index is 11.0. The van der Waals surface area contributed by atoms with Crippen LogP contribution in [0.4, 0.5) is 5.13 Å². The zero-order valence-corrected chi connectivity index (χ0v) is 23.9. The molecule has 0 unspecified atom stereocenters. The molecule has 3 heterocycles. The van der Waals surface area contributed by atoms with Crippen molar-refractivity contribution in [1.82, 2.24) is 19.4 Å². The van der Waals surface area contributed by atoms with E-state index >= 15 is 0 Å². The van der Waals surface area contributed by atoms with Crippen LogP contribution in [0.15, 0.2) is 47.4 Å². The maximum absolute atomic E-state index is 11.0. The highest BCUT2D eigenvalue weighted by Gasteiger charge is 2.41. The van der Waals surface area contributed by atoms with E-state index in [1.807, 2.05) is 50.3 Å². The summed E-state index contributed by atoms with van der Waals surface area (Å²) in [6.07, 6.45) is 4.30. The quantitative estimate of drug-likeness (QED) is 0.259. The van der Waals surface area contributed by atoms with Crippen molar-refractivity contribution in [2.24, 2.45) is 5.41 Å². The van der Waals surface area contributed by atoms with Crippen molar-refractivity contribution in [1.29, 1.82) is 0 Å². The van der Waals surface area contributed by atoms with E-state index in [-0.39, 0.29) is 0 Å². The van der Waals surface area contributed by atoms with Gasteiger partial charge in [0.25, 0.3) is 0 Å². The van der Waals surface area contributed by atoms with Crippen molar-refractivity contribution in [3.8, 4) is 10.6 Å². The Morgan fingerprint density at radius 3 is 2.36 bits per heavy atom. The first-order valence-corrected chi connectivity index (χ1v) is 14.3. The van der Waals surface area contributed by atoms with Gasteiger partial charge >= 0.3 is 0 Å². The molecule has 2 aliphatic rings. The molecule has 2 saturated heterocycles. The van der Waals surface area contributed by atoms with Gasteiger partial charge in [0, 0.05) is 42.2 Å². The third-order valence-corrected chi connectivity index (χ3v) is 9.32. The predicted octanol–water partition coefficient (Wildman–Crippen LogP) is 6.50. The minimum absolute atomic E-state index is 0.346. The fraction of sp³-hybridized carbons (Fsp3) is 0.423. The molecule has 0 saturated carbocycles. The molecule has 2 fully saturated rings. The molecule has 0 N–H and O–H groups in total. The van der Waals surface area contributed by atoms with Crippen molar-refractivity contribution in [3.63, 3.8) is 0 Å². The van der Waals surface area contributed by atoms with E-state index in [0.29, 0.717) is 16.0 Å². The van der Waals surface area contributed by atoms with E-state index in [4.69, 9.17) is 23.2 Å². The summed E-state index contributed by atoms with van der Waals surface area (Å²) in [4.78, 5) is 16.5. The minimum Gasteiger partial charge on any atom is -0.346 e. The van der Waals surface area contributed by atoms with E-state index in [2.05, 4.69) is 25.5 Å². The summed E-state index contributed by atoms with van der Waals surface area (Å²) in [5.41, 5.74) is 1.72. The van der Waals surface area contributed by atoms with Crippen LogP contribution in [0.5, 0.6) is 0 Å². The molecular weight excluding hydrogens is 533 g/mol. The Labute approximate surface area is 231 Å². The van der Waals surface area contributed by atoms with Crippen LogP contribution < -0.4 is 4.90 Å². The number of aldehydes is 1. The number of hydrogen-bond donors (Lipinski definition) is 0. The third-order valence-electron chi connectivity index (χ3n) is 6.34. The molecule has 192 valence electrons. The lowest BCUT2D eigenvalue weighted by atomic mass is 9.78. The number of hydrogen-bond acceptors (Lipinski definition) is 8. The van der Waals surface area contributed by atoms with Gasteiger partial charge in [-0.25, -0.2) is 4.31 Å². The van der Waals surface area contributed by atoms with E-state index in [9.17, 15) is 4.79 Å². The molecule has 10 heteroatoms. The zero-order valence-electron chi connectivity index (χ0n) is 20.8. The highest BCUT2D eigenvalue weighted by atomic mass is 35.5. The summed E-state index contributed by atoms with van der Waals surface area (Å²) >= 11 is 15.9. The number of benzene rings is 2. The Hall–Kier alpha value is -1.68. The first-order valence-electron chi connectivity index (χ1n) is 11.9. The van der Waals surface area contributed by atoms with Gasteiger partial charge in [-0.05, 0) is 82.0 Å². The number of rotatable bonds is 5. The fourth-order valence-electron chi connectivity index (χ4n) is 4.43. The largest absolute Gasteiger partial charge is 0.346 e. The number of halogens is 2. The Bertz CT molecular complexity index is 1180. The van der Waals surface area contributed by atoms with Crippen molar-refractivity contribution < 1.29 is 4.79 Å². The number of nitrogens with zero attached hydrogens (tertiary/aromatic N) is 5. The standard InChI is InChI=1S/C23H22Cl2N4OS2.C3H9N/c24-18-3-1-2-4-20(18)32-29-11-8-23(9-12-29)7-10-28(15-23)22-27-26-21(31-22)16-5-6-17(14-30)19(25)13-16;1-4(2)3/h1-6,13-14H,7-12,15H2;1-3H3. The first-order chi connectivity index (χ1) is 17.3. The van der Waals surface area contributed by atoms with Crippen LogP contribution in [0, 0.1) is 5.41 Å². The fourth-order valence-corrected chi connectivity index (χ4v) is 6.70. The normalized spacial score (nSPS) is 17.3. The van der Waals surface area contributed by atoms with Gasteiger partial charge in [-0.2, -0.15) is 0 Å². The predicted molar refractivity (Wildman–Crippen MR) is 153 cm³/mol. The molecule has 5 rings (SSSR count). The van der Waals surface area contributed by atoms with Crippen molar-refractivity contribution in [2.45, 2.75) is 24.2 Å².